The molecule has 1 aromatic heterocycles. The second-order valence-corrected chi connectivity index (χ2v) is 6.25. The van der Waals surface area contributed by atoms with E-state index < -0.39 is 0 Å². The van der Waals surface area contributed by atoms with Gasteiger partial charge < -0.3 is 4.57 Å². The fourth-order valence-corrected chi connectivity index (χ4v) is 2.52. The Morgan fingerprint density at radius 3 is 2.83 bits per heavy atom. The average molecular weight is 267 g/mol. The summed E-state index contributed by atoms with van der Waals surface area (Å²) in [6, 6.07) is 5.09. The maximum atomic E-state index is 13.8. The Morgan fingerprint density at radius 1 is 1.50 bits per heavy atom. The summed E-state index contributed by atoms with van der Waals surface area (Å²) in [6.45, 7) is 5.01. The second-order valence-electron chi connectivity index (χ2n) is 5.59. The molecule has 1 saturated carbocycles. The molecule has 0 amide bonds. The van der Waals surface area contributed by atoms with Gasteiger partial charge in [0.25, 0.3) is 0 Å². The molecule has 0 saturated heterocycles. The molecular formula is C14H16ClFN2. The summed E-state index contributed by atoms with van der Waals surface area (Å²) >= 11 is 6.18. The smallest absolute Gasteiger partial charge is 0.151 e. The van der Waals surface area contributed by atoms with Crippen LogP contribution in [0.3, 0.4) is 0 Å². The van der Waals surface area contributed by atoms with Crippen molar-refractivity contribution in [1.82, 2.24) is 9.55 Å². The Bertz CT molecular complexity index is 599. The third-order valence-electron chi connectivity index (χ3n) is 3.76. The lowest BCUT2D eigenvalue weighted by molar-refractivity contribution is 0.461. The molecule has 0 radical (unpaired) electrons. The molecule has 1 atom stereocenters. The fraction of sp³-hybridized carbons (Fsp3) is 0.500. The van der Waals surface area contributed by atoms with Gasteiger partial charge in [-0.15, -0.1) is 11.6 Å². The molecule has 18 heavy (non-hydrogen) atoms. The van der Waals surface area contributed by atoms with Crippen molar-refractivity contribution in [3.8, 4) is 0 Å². The number of rotatable bonds is 3. The molecule has 0 N–H and O–H groups in total. The lowest BCUT2D eigenvalue weighted by atomic mass is 10.1. The third-order valence-corrected chi connectivity index (χ3v) is 3.95. The minimum Gasteiger partial charge on any atom is -0.326 e. The van der Waals surface area contributed by atoms with E-state index in [2.05, 4.69) is 16.5 Å². The first-order valence-corrected chi connectivity index (χ1v) is 6.72. The first kappa shape index (κ1) is 12.0. The summed E-state index contributed by atoms with van der Waals surface area (Å²) in [7, 11) is 0. The number of aromatic nitrogens is 2. The van der Waals surface area contributed by atoms with Crippen LogP contribution < -0.4 is 0 Å². The van der Waals surface area contributed by atoms with E-state index in [4.69, 9.17) is 11.6 Å². The van der Waals surface area contributed by atoms with Crippen molar-refractivity contribution in [2.75, 3.05) is 0 Å². The number of imidazole rings is 1. The first-order valence-electron chi connectivity index (χ1n) is 6.29. The number of para-hydroxylation sites is 1. The third kappa shape index (κ3) is 1.91. The van der Waals surface area contributed by atoms with Crippen molar-refractivity contribution >= 4 is 22.6 Å². The molecule has 1 aliphatic carbocycles. The van der Waals surface area contributed by atoms with Crippen LogP contribution in [0, 0.1) is 11.2 Å². The summed E-state index contributed by atoms with van der Waals surface area (Å²) in [4.78, 5) is 4.38. The standard InChI is InChI=1S/C14H16ClFN2/c1-9(15)13-17-12-10(16)4-3-5-11(12)18(13)8-14(2)6-7-14/h3-5,9H,6-8H2,1-2H3. The Morgan fingerprint density at radius 2 is 2.22 bits per heavy atom. The van der Waals surface area contributed by atoms with Crippen LogP contribution in [0.4, 0.5) is 4.39 Å². The number of hydrogen-bond acceptors (Lipinski definition) is 1. The average Bonchev–Trinajstić information content (AvgIpc) is 2.90. The van der Waals surface area contributed by atoms with Crippen molar-refractivity contribution in [2.45, 2.75) is 38.6 Å². The lowest BCUT2D eigenvalue weighted by Crippen LogP contribution is -2.11. The van der Waals surface area contributed by atoms with Crippen molar-refractivity contribution in [3.63, 3.8) is 0 Å². The molecule has 2 aromatic rings. The summed E-state index contributed by atoms with van der Waals surface area (Å²) in [6.07, 6.45) is 2.44. The van der Waals surface area contributed by atoms with Crippen molar-refractivity contribution in [3.05, 3.63) is 29.8 Å². The number of benzene rings is 1. The molecule has 0 spiro atoms. The maximum absolute atomic E-state index is 13.8. The van der Waals surface area contributed by atoms with Crippen molar-refractivity contribution < 1.29 is 4.39 Å². The molecule has 1 fully saturated rings. The van der Waals surface area contributed by atoms with E-state index in [0.29, 0.717) is 10.9 Å². The van der Waals surface area contributed by atoms with Gasteiger partial charge in [-0.2, -0.15) is 0 Å². The summed E-state index contributed by atoms with van der Waals surface area (Å²) in [5.41, 5.74) is 1.62. The Hall–Kier alpha value is -1.09. The topological polar surface area (TPSA) is 17.8 Å². The van der Waals surface area contributed by atoms with E-state index in [9.17, 15) is 4.39 Å². The molecule has 0 bridgehead atoms. The fourth-order valence-electron chi connectivity index (χ4n) is 2.35. The highest BCUT2D eigenvalue weighted by Gasteiger charge is 2.38. The molecule has 4 heteroatoms. The molecule has 1 heterocycles. The Balaban J connectivity index is 2.18. The molecule has 3 rings (SSSR count). The minimum absolute atomic E-state index is 0.209. The van der Waals surface area contributed by atoms with Gasteiger partial charge in [0.1, 0.15) is 11.3 Å². The van der Waals surface area contributed by atoms with Crippen LogP contribution in [0.25, 0.3) is 11.0 Å². The zero-order valence-corrected chi connectivity index (χ0v) is 11.3. The van der Waals surface area contributed by atoms with Gasteiger partial charge in [-0.25, -0.2) is 9.37 Å². The van der Waals surface area contributed by atoms with Crippen LogP contribution in [-0.2, 0) is 6.54 Å². The summed E-state index contributed by atoms with van der Waals surface area (Å²) in [5, 5.41) is -0.209. The van der Waals surface area contributed by atoms with Crippen LogP contribution in [0.2, 0.25) is 0 Å². The van der Waals surface area contributed by atoms with E-state index in [-0.39, 0.29) is 11.2 Å². The number of alkyl halides is 1. The highest BCUT2D eigenvalue weighted by molar-refractivity contribution is 6.20. The van der Waals surface area contributed by atoms with Gasteiger partial charge >= 0.3 is 0 Å². The van der Waals surface area contributed by atoms with E-state index in [1.54, 1.807) is 6.07 Å². The monoisotopic (exact) mass is 266 g/mol. The highest BCUT2D eigenvalue weighted by Crippen LogP contribution is 2.47. The zero-order valence-electron chi connectivity index (χ0n) is 10.6. The Labute approximate surface area is 111 Å². The second kappa shape index (κ2) is 3.95. The normalized spacial score (nSPS) is 19.1. The SMILES string of the molecule is CC(Cl)c1nc2c(F)cccc2n1CC1(C)CC1. The summed E-state index contributed by atoms with van der Waals surface area (Å²) < 4.78 is 15.9. The molecule has 96 valence electrons. The largest absolute Gasteiger partial charge is 0.326 e. The first-order chi connectivity index (χ1) is 8.50. The van der Waals surface area contributed by atoms with Crippen LogP contribution in [0.1, 0.15) is 37.9 Å². The van der Waals surface area contributed by atoms with Gasteiger partial charge in [0.15, 0.2) is 5.82 Å². The molecular weight excluding hydrogens is 251 g/mol. The highest BCUT2D eigenvalue weighted by atomic mass is 35.5. The van der Waals surface area contributed by atoms with Gasteiger partial charge in [-0.1, -0.05) is 13.0 Å². The molecule has 2 nitrogen and oxygen atoms in total. The van der Waals surface area contributed by atoms with Crippen LogP contribution in [-0.4, -0.2) is 9.55 Å². The summed E-state index contributed by atoms with van der Waals surface area (Å²) in [5.74, 6) is 0.496. The molecule has 1 unspecified atom stereocenters. The minimum atomic E-state index is -0.272. The van der Waals surface area contributed by atoms with E-state index >= 15 is 0 Å². The van der Waals surface area contributed by atoms with Gasteiger partial charge in [0.2, 0.25) is 0 Å². The van der Waals surface area contributed by atoms with Gasteiger partial charge in [-0.3, -0.25) is 0 Å². The van der Waals surface area contributed by atoms with Crippen LogP contribution in [0.5, 0.6) is 0 Å². The van der Waals surface area contributed by atoms with Crippen LogP contribution in [0.15, 0.2) is 18.2 Å². The van der Waals surface area contributed by atoms with E-state index in [1.807, 2.05) is 13.0 Å². The van der Waals surface area contributed by atoms with E-state index in [1.165, 1.54) is 18.9 Å². The predicted molar refractivity (Wildman–Crippen MR) is 71.3 cm³/mol. The molecule has 1 aliphatic rings. The maximum Gasteiger partial charge on any atom is 0.151 e. The van der Waals surface area contributed by atoms with Crippen LogP contribution >= 0.6 is 11.6 Å². The van der Waals surface area contributed by atoms with Gasteiger partial charge in [-0.05, 0) is 37.3 Å². The molecule has 0 aliphatic heterocycles. The number of halogens is 2. The number of fused-ring (bicyclic) bond motifs is 1. The Kier molecular flexibility index (Phi) is 2.63. The van der Waals surface area contributed by atoms with Gasteiger partial charge in [0.05, 0.1) is 10.9 Å². The quantitative estimate of drug-likeness (QED) is 0.759. The number of nitrogens with zero attached hydrogens (tertiary/aromatic N) is 2. The van der Waals surface area contributed by atoms with Crippen molar-refractivity contribution in [2.24, 2.45) is 5.41 Å². The van der Waals surface area contributed by atoms with E-state index in [0.717, 1.165) is 17.9 Å². The molecule has 1 aromatic carbocycles. The van der Waals surface area contributed by atoms with Crippen molar-refractivity contribution in [1.29, 1.82) is 0 Å². The van der Waals surface area contributed by atoms with Gasteiger partial charge in [0, 0.05) is 6.54 Å². The number of hydrogen-bond donors (Lipinski definition) is 0. The lowest BCUT2D eigenvalue weighted by Gasteiger charge is -2.14. The predicted octanol–water partition coefficient (Wildman–Crippen LogP) is 4.28. The zero-order chi connectivity index (χ0) is 12.9.